The fourth-order valence-electron chi connectivity index (χ4n) is 4.63. The smallest absolute Gasteiger partial charge is 0.268 e. The summed E-state index contributed by atoms with van der Waals surface area (Å²) < 4.78 is 2.75. The number of hydrogen-bond donors (Lipinski definition) is 0. The molecular formula is C30H18N6O2. The Bertz CT molecular complexity index is 2060. The number of hydrogen-bond acceptors (Lipinski definition) is 6. The molecule has 4 aromatic carbocycles. The molecule has 0 aliphatic rings. The number of para-hydroxylation sites is 2. The van der Waals surface area contributed by atoms with Gasteiger partial charge in [0.05, 0.1) is 21.8 Å². The van der Waals surface area contributed by atoms with Gasteiger partial charge in [-0.3, -0.25) is 9.59 Å². The zero-order chi connectivity index (χ0) is 25.6. The van der Waals surface area contributed by atoms with Gasteiger partial charge in [0.1, 0.15) is 0 Å². The lowest BCUT2D eigenvalue weighted by Crippen LogP contribution is -2.29. The van der Waals surface area contributed by atoms with Crippen molar-refractivity contribution in [2.24, 2.45) is 0 Å². The van der Waals surface area contributed by atoms with Crippen LogP contribution in [0.3, 0.4) is 0 Å². The van der Waals surface area contributed by atoms with Gasteiger partial charge >= 0.3 is 0 Å². The van der Waals surface area contributed by atoms with E-state index in [4.69, 9.17) is 19.9 Å². The van der Waals surface area contributed by atoms with Crippen LogP contribution in [-0.4, -0.2) is 28.9 Å². The Morgan fingerprint density at radius 3 is 1.71 bits per heavy atom. The Balaban J connectivity index is 1.66. The summed E-state index contributed by atoms with van der Waals surface area (Å²) in [5.74, 6) is 1.00. The molecule has 0 unspecified atom stereocenters. The summed E-state index contributed by atoms with van der Waals surface area (Å²) >= 11 is 0. The molecule has 3 aromatic heterocycles. The van der Waals surface area contributed by atoms with E-state index in [-0.39, 0.29) is 22.8 Å². The summed E-state index contributed by atoms with van der Waals surface area (Å²) in [6.45, 7) is 0. The molecule has 0 aliphatic heterocycles. The van der Waals surface area contributed by atoms with Crippen molar-refractivity contribution in [3.63, 3.8) is 0 Å². The minimum atomic E-state index is -0.382. The zero-order valence-corrected chi connectivity index (χ0v) is 19.9. The molecule has 7 aromatic rings. The molecule has 180 valence electrons. The van der Waals surface area contributed by atoms with Crippen LogP contribution in [0, 0.1) is 0 Å². The number of nitrogens with zero attached hydrogens (tertiary/aromatic N) is 6. The Hall–Kier alpha value is -5.50. The highest BCUT2D eigenvalue weighted by atomic mass is 16.1. The third-order valence-corrected chi connectivity index (χ3v) is 6.42. The predicted molar refractivity (Wildman–Crippen MR) is 146 cm³/mol. The maximum atomic E-state index is 14.0. The Labute approximate surface area is 215 Å². The van der Waals surface area contributed by atoms with Crippen LogP contribution >= 0.6 is 0 Å². The largest absolute Gasteiger partial charge is 0.269 e. The van der Waals surface area contributed by atoms with Gasteiger partial charge in [-0.05, 0) is 24.3 Å². The van der Waals surface area contributed by atoms with Gasteiger partial charge in [0.25, 0.3) is 11.1 Å². The molecule has 0 bridgehead atoms. The molecule has 38 heavy (non-hydrogen) atoms. The lowest BCUT2D eigenvalue weighted by molar-refractivity contribution is 0.860. The van der Waals surface area contributed by atoms with E-state index < -0.39 is 0 Å². The molecule has 0 fully saturated rings. The maximum absolute atomic E-state index is 14.0. The summed E-state index contributed by atoms with van der Waals surface area (Å²) in [6.07, 6.45) is 0. The van der Waals surface area contributed by atoms with E-state index in [0.29, 0.717) is 33.5 Å². The van der Waals surface area contributed by atoms with E-state index in [2.05, 4.69) is 0 Å². The summed E-state index contributed by atoms with van der Waals surface area (Å²) in [7, 11) is 0. The highest BCUT2D eigenvalue weighted by Crippen LogP contribution is 2.22. The van der Waals surface area contributed by atoms with E-state index in [1.54, 1.807) is 48.5 Å². The SMILES string of the molecule is O=c1c2ccccc2n2c(=O)c3ccccc3nc2n1-c1nc(-c2ccccc2)nc(-c2ccccc2)n1. The maximum Gasteiger partial charge on any atom is 0.269 e. The standard InChI is InChI=1S/C30H18N6O2/c37-27-21-15-7-9-17-23(21)31-30-35(27)24-18-10-8-16-22(24)28(38)36(30)29-33-25(19-11-3-1-4-12-19)32-26(34-29)20-13-5-2-6-14-20/h1-18H. The molecule has 0 spiro atoms. The lowest BCUT2D eigenvalue weighted by atomic mass is 10.2. The van der Waals surface area contributed by atoms with Crippen LogP contribution in [0.25, 0.3) is 56.3 Å². The first-order valence-corrected chi connectivity index (χ1v) is 12.0. The molecule has 0 aliphatic carbocycles. The number of aromatic nitrogens is 6. The molecule has 0 amide bonds. The lowest BCUT2D eigenvalue weighted by Gasteiger charge is -2.14. The molecule has 0 saturated carbocycles. The number of rotatable bonds is 3. The molecule has 8 nitrogen and oxygen atoms in total. The first-order chi connectivity index (χ1) is 18.7. The molecule has 0 radical (unpaired) electrons. The first-order valence-electron chi connectivity index (χ1n) is 12.0. The summed E-state index contributed by atoms with van der Waals surface area (Å²) in [5.41, 5.74) is 1.81. The van der Waals surface area contributed by atoms with Crippen molar-refractivity contribution >= 4 is 27.6 Å². The fourth-order valence-corrected chi connectivity index (χ4v) is 4.63. The van der Waals surface area contributed by atoms with Crippen LogP contribution in [0.2, 0.25) is 0 Å². The van der Waals surface area contributed by atoms with E-state index >= 15 is 0 Å². The van der Waals surface area contributed by atoms with E-state index in [1.165, 1.54) is 8.97 Å². The normalized spacial score (nSPS) is 11.4. The topological polar surface area (TPSA) is 95.0 Å². The molecule has 0 saturated heterocycles. The molecule has 0 N–H and O–H groups in total. The van der Waals surface area contributed by atoms with Crippen molar-refractivity contribution in [1.29, 1.82) is 0 Å². The van der Waals surface area contributed by atoms with E-state index in [1.807, 2.05) is 60.7 Å². The van der Waals surface area contributed by atoms with E-state index in [9.17, 15) is 9.59 Å². The average molecular weight is 495 g/mol. The van der Waals surface area contributed by atoms with Crippen LogP contribution in [0.5, 0.6) is 0 Å². The van der Waals surface area contributed by atoms with Crippen molar-refractivity contribution < 1.29 is 0 Å². The van der Waals surface area contributed by atoms with Gasteiger partial charge < -0.3 is 0 Å². The van der Waals surface area contributed by atoms with Crippen molar-refractivity contribution in [1.82, 2.24) is 28.9 Å². The van der Waals surface area contributed by atoms with Gasteiger partial charge in [0.15, 0.2) is 11.6 Å². The van der Waals surface area contributed by atoms with Gasteiger partial charge in [-0.1, -0.05) is 84.9 Å². The highest BCUT2D eigenvalue weighted by Gasteiger charge is 2.20. The second-order valence-electron chi connectivity index (χ2n) is 8.74. The first kappa shape index (κ1) is 21.8. The van der Waals surface area contributed by atoms with Crippen molar-refractivity contribution in [3.8, 4) is 28.7 Å². The number of fused-ring (bicyclic) bond motifs is 4. The Kier molecular flexibility index (Phi) is 4.90. The summed E-state index contributed by atoms with van der Waals surface area (Å²) in [6, 6.07) is 33.0. The Morgan fingerprint density at radius 1 is 0.500 bits per heavy atom. The van der Waals surface area contributed by atoms with Crippen LogP contribution in [0.4, 0.5) is 0 Å². The van der Waals surface area contributed by atoms with Crippen LogP contribution in [-0.2, 0) is 0 Å². The van der Waals surface area contributed by atoms with Gasteiger partial charge in [0, 0.05) is 11.1 Å². The summed E-state index contributed by atoms with van der Waals surface area (Å²) in [4.78, 5) is 46.6. The highest BCUT2D eigenvalue weighted by molar-refractivity contribution is 5.85. The number of benzene rings is 4. The van der Waals surface area contributed by atoms with E-state index in [0.717, 1.165) is 11.1 Å². The summed E-state index contributed by atoms with van der Waals surface area (Å²) in [5, 5.41) is 0.799. The third kappa shape index (κ3) is 3.39. The van der Waals surface area contributed by atoms with Crippen LogP contribution in [0.1, 0.15) is 0 Å². The molecule has 3 heterocycles. The second kappa shape index (κ2) is 8.56. The zero-order valence-electron chi connectivity index (χ0n) is 19.9. The quantitative estimate of drug-likeness (QED) is 0.262. The average Bonchev–Trinajstić information content (AvgIpc) is 2.98. The van der Waals surface area contributed by atoms with Crippen molar-refractivity contribution in [2.45, 2.75) is 0 Å². The monoisotopic (exact) mass is 494 g/mol. The van der Waals surface area contributed by atoms with Crippen molar-refractivity contribution in [2.75, 3.05) is 0 Å². The molecule has 0 atom stereocenters. The molecule has 8 heteroatoms. The van der Waals surface area contributed by atoms with Gasteiger partial charge in [-0.25, -0.2) is 18.9 Å². The predicted octanol–water partition coefficient (Wildman–Crippen LogP) is 4.67. The second-order valence-corrected chi connectivity index (χ2v) is 8.74. The van der Waals surface area contributed by atoms with Crippen LogP contribution in [0.15, 0.2) is 119 Å². The molecule has 7 rings (SSSR count). The van der Waals surface area contributed by atoms with Crippen molar-refractivity contribution in [3.05, 3.63) is 130 Å². The van der Waals surface area contributed by atoms with Gasteiger partial charge in [-0.15, -0.1) is 0 Å². The minimum absolute atomic E-state index is 0.0770. The van der Waals surface area contributed by atoms with Gasteiger partial charge in [0.2, 0.25) is 11.7 Å². The fraction of sp³-hybridized carbons (Fsp3) is 0. The molecular weight excluding hydrogens is 476 g/mol. The minimum Gasteiger partial charge on any atom is -0.268 e. The third-order valence-electron chi connectivity index (χ3n) is 6.42. The van der Waals surface area contributed by atoms with Gasteiger partial charge in [-0.2, -0.15) is 9.97 Å². The van der Waals surface area contributed by atoms with Crippen LogP contribution < -0.4 is 11.1 Å². The Morgan fingerprint density at radius 2 is 1.05 bits per heavy atom.